The number of rotatable bonds is 6. The summed E-state index contributed by atoms with van der Waals surface area (Å²) in [6.45, 7) is 5.95. The van der Waals surface area contributed by atoms with Gasteiger partial charge in [0.1, 0.15) is 0 Å². The van der Waals surface area contributed by atoms with Crippen LogP contribution >= 0.6 is 0 Å². The maximum atomic E-state index is 3.72. The van der Waals surface area contributed by atoms with Gasteiger partial charge in [-0.3, -0.25) is 0 Å². The van der Waals surface area contributed by atoms with Crippen molar-refractivity contribution in [3.63, 3.8) is 0 Å². The van der Waals surface area contributed by atoms with Crippen molar-refractivity contribution in [3.05, 3.63) is 34.9 Å². The molecule has 0 saturated heterocycles. The molecule has 0 radical (unpaired) electrons. The molecule has 1 saturated carbocycles. The van der Waals surface area contributed by atoms with Crippen molar-refractivity contribution in [2.75, 3.05) is 6.54 Å². The topological polar surface area (TPSA) is 12.0 Å². The van der Waals surface area contributed by atoms with E-state index in [9.17, 15) is 0 Å². The molecule has 1 aromatic rings. The van der Waals surface area contributed by atoms with Crippen molar-refractivity contribution in [3.8, 4) is 0 Å². The van der Waals surface area contributed by atoms with Crippen LogP contribution in [0, 0.1) is 5.41 Å². The van der Waals surface area contributed by atoms with E-state index in [0.717, 1.165) is 6.04 Å². The molecule has 0 heterocycles. The first-order chi connectivity index (χ1) is 9.18. The second-order valence-electron chi connectivity index (χ2n) is 6.95. The standard InChI is InChI=1S/C18H27N/c1-3-18(2,13-19-17-9-10-17)12-14-7-8-15-5-4-6-16(15)11-14/h7-8,11,17,19H,3-6,9-10,12-13H2,1-2H3. The van der Waals surface area contributed by atoms with Gasteiger partial charge >= 0.3 is 0 Å². The molecule has 1 nitrogen and oxygen atoms in total. The number of benzene rings is 1. The van der Waals surface area contributed by atoms with Crippen molar-refractivity contribution in [1.29, 1.82) is 0 Å². The Kier molecular flexibility index (Phi) is 3.66. The van der Waals surface area contributed by atoms with E-state index in [-0.39, 0.29) is 0 Å². The fourth-order valence-electron chi connectivity index (χ4n) is 3.22. The van der Waals surface area contributed by atoms with Crippen molar-refractivity contribution in [2.45, 2.75) is 64.8 Å². The average Bonchev–Trinajstić information content (AvgIpc) is 3.13. The van der Waals surface area contributed by atoms with Crippen LogP contribution in [0.15, 0.2) is 18.2 Å². The summed E-state index contributed by atoms with van der Waals surface area (Å²) in [5, 5.41) is 3.72. The predicted molar refractivity (Wildman–Crippen MR) is 81.6 cm³/mol. The lowest BCUT2D eigenvalue weighted by molar-refractivity contribution is 0.289. The lowest BCUT2D eigenvalue weighted by Gasteiger charge is -2.29. The Morgan fingerprint density at radius 2 is 2.00 bits per heavy atom. The molecule has 2 aliphatic rings. The summed E-state index contributed by atoms with van der Waals surface area (Å²) in [5.74, 6) is 0. The third-order valence-corrected chi connectivity index (χ3v) is 5.04. The van der Waals surface area contributed by atoms with E-state index in [0.29, 0.717) is 5.41 Å². The first kappa shape index (κ1) is 13.2. The highest BCUT2D eigenvalue weighted by Gasteiger charge is 2.27. The van der Waals surface area contributed by atoms with Gasteiger partial charge in [0, 0.05) is 12.6 Å². The summed E-state index contributed by atoms with van der Waals surface area (Å²) in [5.41, 5.74) is 5.17. The molecule has 1 atom stereocenters. The van der Waals surface area contributed by atoms with Gasteiger partial charge in [0.25, 0.3) is 0 Å². The molecular formula is C18H27N. The average molecular weight is 257 g/mol. The second-order valence-corrected chi connectivity index (χ2v) is 6.95. The van der Waals surface area contributed by atoms with Crippen molar-refractivity contribution < 1.29 is 0 Å². The van der Waals surface area contributed by atoms with Crippen LogP contribution in [0.1, 0.15) is 56.2 Å². The lowest BCUT2D eigenvalue weighted by atomic mass is 9.80. The van der Waals surface area contributed by atoms with Gasteiger partial charge in [0.15, 0.2) is 0 Å². The van der Waals surface area contributed by atoms with Crippen molar-refractivity contribution >= 4 is 0 Å². The minimum Gasteiger partial charge on any atom is -0.313 e. The summed E-state index contributed by atoms with van der Waals surface area (Å²) < 4.78 is 0. The minimum atomic E-state index is 0.412. The normalized spacial score (nSPS) is 21.2. The van der Waals surface area contributed by atoms with Crippen LogP contribution in [0.5, 0.6) is 0 Å². The van der Waals surface area contributed by atoms with Gasteiger partial charge in [-0.2, -0.15) is 0 Å². The Bertz CT molecular complexity index is 447. The highest BCUT2D eigenvalue weighted by molar-refractivity contribution is 5.35. The van der Waals surface area contributed by atoms with Crippen LogP contribution < -0.4 is 5.32 Å². The Labute approximate surface area is 117 Å². The first-order valence-electron chi connectivity index (χ1n) is 8.03. The molecule has 1 heteroatoms. The number of nitrogens with one attached hydrogen (secondary N) is 1. The van der Waals surface area contributed by atoms with Gasteiger partial charge in [-0.25, -0.2) is 0 Å². The molecule has 1 aromatic carbocycles. The minimum absolute atomic E-state index is 0.412. The maximum Gasteiger partial charge on any atom is 0.00684 e. The summed E-state index contributed by atoms with van der Waals surface area (Å²) in [4.78, 5) is 0. The Morgan fingerprint density at radius 1 is 1.21 bits per heavy atom. The van der Waals surface area contributed by atoms with Crippen LogP contribution in [0.4, 0.5) is 0 Å². The van der Waals surface area contributed by atoms with Gasteiger partial charge in [0.05, 0.1) is 0 Å². The van der Waals surface area contributed by atoms with E-state index < -0.39 is 0 Å². The SMILES string of the molecule is CCC(C)(CNC1CC1)Cc1ccc2c(c1)CCC2. The Morgan fingerprint density at radius 3 is 2.74 bits per heavy atom. The molecule has 1 N–H and O–H groups in total. The molecule has 0 aromatic heterocycles. The molecular weight excluding hydrogens is 230 g/mol. The van der Waals surface area contributed by atoms with Gasteiger partial charge < -0.3 is 5.32 Å². The van der Waals surface area contributed by atoms with Crippen LogP contribution in [-0.2, 0) is 19.3 Å². The quantitative estimate of drug-likeness (QED) is 0.815. The Hall–Kier alpha value is -0.820. The number of aryl methyl sites for hydroxylation is 2. The molecule has 0 bridgehead atoms. The molecule has 104 valence electrons. The fourth-order valence-corrected chi connectivity index (χ4v) is 3.22. The summed E-state index contributed by atoms with van der Waals surface area (Å²) in [7, 11) is 0. The highest BCUT2D eigenvalue weighted by atomic mass is 15.0. The monoisotopic (exact) mass is 257 g/mol. The van der Waals surface area contributed by atoms with Gasteiger partial charge in [-0.15, -0.1) is 0 Å². The predicted octanol–water partition coefficient (Wildman–Crippen LogP) is 3.89. The van der Waals surface area contributed by atoms with Crippen LogP contribution in [0.3, 0.4) is 0 Å². The molecule has 0 aliphatic heterocycles. The van der Waals surface area contributed by atoms with Crippen LogP contribution in [0.2, 0.25) is 0 Å². The molecule has 1 unspecified atom stereocenters. The highest BCUT2D eigenvalue weighted by Crippen LogP contribution is 2.30. The van der Waals surface area contributed by atoms with E-state index in [4.69, 9.17) is 0 Å². The van der Waals surface area contributed by atoms with Gasteiger partial charge in [-0.05, 0) is 67.1 Å². The largest absolute Gasteiger partial charge is 0.313 e. The molecule has 3 rings (SSSR count). The van der Waals surface area contributed by atoms with Crippen LogP contribution in [-0.4, -0.2) is 12.6 Å². The molecule has 0 amide bonds. The number of hydrogen-bond acceptors (Lipinski definition) is 1. The second kappa shape index (κ2) is 5.28. The molecule has 0 spiro atoms. The van der Waals surface area contributed by atoms with E-state index in [2.05, 4.69) is 37.4 Å². The van der Waals surface area contributed by atoms with E-state index in [1.807, 2.05) is 0 Å². The van der Waals surface area contributed by atoms with E-state index >= 15 is 0 Å². The third-order valence-electron chi connectivity index (χ3n) is 5.04. The summed E-state index contributed by atoms with van der Waals surface area (Å²) in [6, 6.07) is 8.05. The molecule has 2 aliphatic carbocycles. The maximum absolute atomic E-state index is 3.72. The molecule has 1 fully saturated rings. The Balaban J connectivity index is 1.66. The lowest BCUT2D eigenvalue weighted by Crippen LogP contribution is -2.34. The zero-order chi connectivity index (χ0) is 13.3. The van der Waals surface area contributed by atoms with Crippen molar-refractivity contribution in [1.82, 2.24) is 5.32 Å². The van der Waals surface area contributed by atoms with Gasteiger partial charge in [0.2, 0.25) is 0 Å². The van der Waals surface area contributed by atoms with E-state index in [1.54, 1.807) is 16.7 Å². The van der Waals surface area contributed by atoms with Crippen molar-refractivity contribution in [2.24, 2.45) is 5.41 Å². The number of fused-ring (bicyclic) bond motifs is 1. The van der Waals surface area contributed by atoms with E-state index in [1.165, 1.54) is 51.5 Å². The summed E-state index contributed by atoms with van der Waals surface area (Å²) >= 11 is 0. The first-order valence-corrected chi connectivity index (χ1v) is 8.03. The zero-order valence-corrected chi connectivity index (χ0v) is 12.5. The molecule has 19 heavy (non-hydrogen) atoms. The zero-order valence-electron chi connectivity index (χ0n) is 12.5. The van der Waals surface area contributed by atoms with Crippen LogP contribution in [0.25, 0.3) is 0 Å². The third kappa shape index (κ3) is 3.20. The number of hydrogen-bond donors (Lipinski definition) is 1. The summed E-state index contributed by atoms with van der Waals surface area (Å²) in [6.07, 6.45) is 9.20. The fraction of sp³-hybridized carbons (Fsp3) is 0.667. The van der Waals surface area contributed by atoms with Gasteiger partial charge in [-0.1, -0.05) is 32.0 Å². The smallest absolute Gasteiger partial charge is 0.00684 e.